The molecule has 23 heavy (non-hydrogen) atoms. The number of hydrogen-bond acceptors (Lipinski definition) is 5. The zero-order valence-corrected chi connectivity index (χ0v) is 14.1. The van der Waals surface area contributed by atoms with E-state index in [2.05, 4.69) is 20.3 Å². The van der Waals surface area contributed by atoms with Crippen molar-refractivity contribution in [2.75, 3.05) is 13.1 Å². The molecule has 0 aromatic carbocycles. The number of rotatable bonds is 5. The molecule has 1 fully saturated rings. The second kappa shape index (κ2) is 6.05. The van der Waals surface area contributed by atoms with Crippen LogP contribution in [0.5, 0.6) is 0 Å². The van der Waals surface area contributed by atoms with Gasteiger partial charge in [0.25, 0.3) is 0 Å². The first-order chi connectivity index (χ1) is 11.2. The highest BCUT2D eigenvalue weighted by atomic mass is 32.1. The number of thiazole rings is 1. The van der Waals surface area contributed by atoms with Crippen LogP contribution < -0.4 is 5.32 Å². The molecular formula is C16H21N5OS. The maximum Gasteiger partial charge on any atom is 0.246 e. The van der Waals surface area contributed by atoms with Gasteiger partial charge >= 0.3 is 0 Å². The number of carbonyl (C=O) groups is 1. The molecule has 1 saturated carbocycles. The van der Waals surface area contributed by atoms with Crippen molar-refractivity contribution < 1.29 is 4.79 Å². The number of hydrogen-bond donors (Lipinski definition) is 1. The van der Waals surface area contributed by atoms with E-state index in [9.17, 15) is 4.79 Å². The summed E-state index contributed by atoms with van der Waals surface area (Å²) in [5.41, 5.74) is 4.08. The van der Waals surface area contributed by atoms with Crippen molar-refractivity contribution in [3.63, 3.8) is 0 Å². The minimum absolute atomic E-state index is 0.0903. The molecule has 6 nitrogen and oxygen atoms in total. The molecule has 1 aliphatic heterocycles. The Morgan fingerprint density at radius 1 is 1.48 bits per heavy atom. The van der Waals surface area contributed by atoms with E-state index < -0.39 is 0 Å². The van der Waals surface area contributed by atoms with Gasteiger partial charge in [0.2, 0.25) is 5.91 Å². The van der Waals surface area contributed by atoms with E-state index in [1.165, 1.54) is 17.7 Å². The molecular weight excluding hydrogens is 310 g/mol. The van der Waals surface area contributed by atoms with Gasteiger partial charge < -0.3 is 5.32 Å². The summed E-state index contributed by atoms with van der Waals surface area (Å²) < 4.78 is 1.89. The third-order valence-electron chi connectivity index (χ3n) is 4.64. The van der Waals surface area contributed by atoms with Crippen LogP contribution in [0.15, 0.2) is 17.8 Å². The van der Waals surface area contributed by atoms with Gasteiger partial charge in [-0.25, -0.2) is 4.98 Å². The smallest absolute Gasteiger partial charge is 0.246 e. The SMILES string of the molecule is Cc1ncsc1CN1Cc2ccnn2C(C(=O)NCC2CC2)C1. The van der Waals surface area contributed by atoms with E-state index in [4.69, 9.17) is 0 Å². The van der Waals surface area contributed by atoms with Gasteiger partial charge in [-0.2, -0.15) is 5.10 Å². The van der Waals surface area contributed by atoms with Crippen LogP contribution in [0.3, 0.4) is 0 Å². The highest BCUT2D eigenvalue weighted by Crippen LogP contribution is 2.28. The summed E-state index contributed by atoms with van der Waals surface area (Å²) in [5.74, 6) is 0.781. The Morgan fingerprint density at radius 2 is 2.35 bits per heavy atom. The van der Waals surface area contributed by atoms with Crippen molar-refractivity contribution in [3.05, 3.63) is 34.0 Å². The third kappa shape index (κ3) is 3.16. The lowest BCUT2D eigenvalue weighted by Crippen LogP contribution is -2.45. The molecule has 2 aromatic rings. The molecule has 1 atom stereocenters. The molecule has 1 unspecified atom stereocenters. The molecule has 3 heterocycles. The van der Waals surface area contributed by atoms with Crippen LogP contribution >= 0.6 is 11.3 Å². The van der Waals surface area contributed by atoms with Gasteiger partial charge in [0, 0.05) is 37.3 Å². The van der Waals surface area contributed by atoms with Crippen molar-refractivity contribution in [2.24, 2.45) is 5.92 Å². The second-order valence-electron chi connectivity index (χ2n) is 6.50. The van der Waals surface area contributed by atoms with Gasteiger partial charge in [-0.1, -0.05) is 0 Å². The van der Waals surface area contributed by atoms with Gasteiger partial charge in [-0.3, -0.25) is 14.4 Å². The second-order valence-corrected chi connectivity index (χ2v) is 7.44. The fourth-order valence-electron chi connectivity index (χ4n) is 3.04. The summed E-state index contributed by atoms with van der Waals surface area (Å²) >= 11 is 1.68. The van der Waals surface area contributed by atoms with E-state index in [1.807, 2.05) is 23.2 Å². The fourth-order valence-corrected chi connectivity index (χ4v) is 3.86. The Morgan fingerprint density at radius 3 is 3.09 bits per heavy atom. The lowest BCUT2D eigenvalue weighted by molar-refractivity contribution is -0.126. The van der Waals surface area contributed by atoms with E-state index in [1.54, 1.807) is 17.5 Å². The molecule has 1 aliphatic carbocycles. The number of aryl methyl sites for hydroxylation is 1. The van der Waals surface area contributed by atoms with Crippen molar-refractivity contribution in [1.29, 1.82) is 0 Å². The maximum absolute atomic E-state index is 12.6. The summed E-state index contributed by atoms with van der Waals surface area (Å²) in [7, 11) is 0. The minimum Gasteiger partial charge on any atom is -0.354 e. The van der Waals surface area contributed by atoms with E-state index >= 15 is 0 Å². The van der Waals surface area contributed by atoms with E-state index in [0.29, 0.717) is 12.5 Å². The first-order valence-corrected chi connectivity index (χ1v) is 9.00. The zero-order valence-electron chi connectivity index (χ0n) is 13.2. The fraction of sp³-hybridized carbons (Fsp3) is 0.562. The van der Waals surface area contributed by atoms with Gasteiger partial charge in [-0.15, -0.1) is 11.3 Å². The van der Waals surface area contributed by atoms with Crippen LogP contribution in [0.4, 0.5) is 0 Å². The number of nitrogens with one attached hydrogen (secondary N) is 1. The lowest BCUT2D eigenvalue weighted by atomic mass is 10.1. The Hall–Kier alpha value is -1.73. The molecule has 4 rings (SSSR count). The molecule has 2 aliphatic rings. The van der Waals surface area contributed by atoms with Gasteiger partial charge in [0.05, 0.1) is 16.9 Å². The zero-order chi connectivity index (χ0) is 15.8. The number of carbonyl (C=O) groups excluding carboxylic acids is 1. The standard InChI is InChI=1S/C16H21N5OS/c1-11-15(23-10-18-11)9-20-7-13-4-5-19-21(13)14(8-20)16(22)17-6-12-2-3-12/h4-5,10,12,14H,2-3,6-9H2,1H3,(H,17,22). The number of aromatic nitrogens is 3. The number of amides is 1. The highest BCUT2D eigenvalue weighted by molar-refractivity contribution is 7.09. The van der Waals surface area contributed by atoms with Crippen LogP contribution in [0.25, 0.3) is 0 Å². The van der Waals surface area contributed by atoms with Crippen LogP contribution in [-0.2, 0) is 17.9 Å². The van der Waals surface area contributed by atoms with Crippen molar-refractivity contribution in [1.82, 2.24) is 25.0 Å². The molecule has 0 spiro atoms. The Bertz CT molecular complexity index is 705. The average Bonchev–Trinajstić information content (AvgIpc) is 3.11. The summed E-state index contributed by atoms with van der Waals surface area (Å²) in [6.07, 6.45) is 4.28. The maximum atomic E-state index is 12.6. The van der Waals surface area contributed by atoms with Gasteiger partial charge in [0.15, 0.2) is 0 Å². The predicted octanol–water partition coefficient (Wildman–Crippen LogP) is 1.73. The molecule has 0 bridgehead atoms. The predicted molar refractivity (Wildman–Crippen MR) is 88.0 cm³/mol. The van der Waals surface area contributed by atoms with Crippen molar-refractivity contribution >= 4 is 17.2 Å². The number of nitrogens with zero attached hydrogens (tertiary/aromatic N) is 4. The summed E-state index contributed by atoms with van der Waals surface area (Å²) in [6, 6.07) is 1.77. The number of fused-ring (bicyclic) bond motifs is 1. The molecule has 122 valence electrons. The first-order valence-electron chi connectivity index (χ1n) is 8.12. The van der Waals surface area contributed by atoms with Crippen LogP contribution in [0.2, 0.25) is 0 Å². The van der Waals surface area contributed by atoms with Gasteiger partial charge in [0.1, 0.15) is 6.04 Å². The average molecular weight is 331 g/mol. The normalized spacial score (nSPS) is 21.2. The van der Waals surface area contributed by atoms with Crippen LogP contribution in [0.1, 0.15) is 35.1 Å². The Kier molecular flexibility index (Phi) is 3.90. The summed E-state index contributed by atoms with van der Waals surface area (Å²) in [6.45, 7) is 5.21. The molecule has 2 aromatic heterocycles. The molecule has 0 saturated heterocycles. The molecule has 0 radical (unpaired) electrons. The first kappa shape index (κ1) is 14.8. The van der Waals surface area contributed by atoms with Gasteiger partial charge in [-0.05, 0) is 31.7 Å². The van der Waals surface area contributed by atoms with E-state index in [-0.39, 0.29) is 11.9 Å². The monoisotopic (exact) mass is 331 g/mol. The van der Waals surface area contributed by atoms with Crippen LogP contribution in [-0.4, -0.2) is 38.7 Å². The Labute approximate surface area is 139 Å². The van der Waals surface area contributed by atoms with Crippen molar-refractivity contribution in [3.8, 4) is 0 Å². The van der Waals surface area contributed by atoms with E-state index in [0.717, 1.165) is 31.0 Å². The highest BCUT2D eigenvalue weighted by Gasteiger charge is 2.32. The summed E-state index contributed by atoms with van der Waals surface area (Å²) in [5, 5.41) is 7.47. The third-order valence-corrected chi connectivity index (χ3v) is 5.56. The minimum atomic E-state index is -0.235. The molecule has 1 amide bonds. The quantitative estimate of drug-likeness (QED) is 0.906. The van der Waals surface area contributed by atoms with Crippen molar-refractivity contribution in [2.45, 2.75) is 38.9 Å². The molecule has 7 heteroatoms. The Balaban J connectivity index is 1.49. The summed E-state index contributed by atoms with van der Waals surface area (Å²) in [4.78, 5) is 20.5. The largest absolute Gasteiger partial charge is 0.354 e. The molecule has 1 N–H and O–H groups in total. The van der Waals surface area contributed by atoms with Crippen LogP contribution in [0, 0.1) is 12.8 Å². The topological polar surface area (TPSA) is 63.1 Å². The lowest BCUT2D eigenvalue weighted by Gasteiger charge is -2.33.